The Hall–Kier alpha value is -2.28. The van der Waals surface area contributed by atoms with Crippen LogP contribution in [-0.4, -0.2) is 66.9 Å². The molecule has 1 saturated heterocycles. The Morgan fingerprint density at radius 2 is 1.59 bits per heavy atom. The zero-order valence-corrected chi connectivity index (χ0v) is 19.8. The molecule has 2 amide bonds. The number of alkyl carbamates (subject to hydrolysis) is 1. The third-order valence-electron chi connectivity index (χ3n) is 6.25. The standard InChI is InChI=1S/C25H39N3O4/c1-25(2,3)32-23(29)26-17-20-9-11-21(12-10-20)18-27-13-15-28(16-14-27)24(30)31-19-22-7-5-4-6-8-22/h4-8,20-21H,9-19H2,1-3H3,(H,26,29). The molecule has 0 radical (unpaired) electrons. The fraction of sp³-hybridized carbons (Fsp3) is 0.680. The zero-order chi connectivity index (χ0) is 23.0. The SMILES string of the molecule is CC(C)(C)OC(=O)NCC1CCC(CN2CCN(C(=O)OCc3ccccc3)CC2)CC1. The highest BCUT2D eigenvalue weighted by molar-refractivity contribution is 5.68. The molecule has 0 spiro atoms. The first-order valence-electron chi connectivity index (χ1n) is 11.9. The number of rotatable bonds is 6. The van der Waals surface area contributed by atoms with Gasteiger partial charge in [0, 0.05) is 39.3 Å². The van der Waals surface area contributed by atoms with Gasteiger partial charge in [0.15, 0.2) is 0 Å². The summed E-state index contributed by atoms with van der Waals surface area (Å²) in [5, 5.41) is 2.92. The molecule has 1 heterocycles. The second-order valence-electron chi connectivity index (χ2n) is 10.1. The third kappa shape index (κ3) is 8.34. The van der Waals surface area contributed by atoms with Crippen LogP contribution in [-0.2, 0) is 16.1 Å². The van der Waals surface area contributed by atoms with Crippen molar-refractivity contribution in [2.24, 2.45) is 11.8 Å². The topological polar surface area (TPSA) is 71.1 Å². The van der Waals surface area contributed by atoms with E-state index >= 15 is 0 Å². The van der Waals surface area contributed by atoms with Crippen LogP contribution >= 0.6 is 0 Å². The average Bonchev–Trinajstić information content (AvgIpc) is 2.77. The van der Waals surface area contributed by atoms with Crippen molar-refractivity contribution in [3.63, 3.8) is 0 Å². The number of carbonyl (C=O) groups is 2. The minimum absolute atomic E-state index is 0.216. The largest absolute Gasteiger partial charge is 0.445 e. The van der Waals surface area contributed by atoms with Gasteiger partial charge in [0.25, 0.3) is 0 Å². The van der Waals surface area contributed by atoms with E-state index in [1.165, 1.54) is 12.8 Å². The summed E-state index contributed by atoms with van der Waals surface area (Å²) in [6.45, 7) is 11.0. The maximum atomic E-state index is 12.3. The predicted octanol–water partition coefficient (Wildman–Crippen LogP) is 4.27. The molecule has 1 N–H and O–H groups in total. The van der Waals surface area contributed by atoms with Gasteiger partial charge in [-0.2, -0.15) is 0 Å². The molecule has 1 aliphatic carbocycles. The summed E-state index contributed by atoms with van der Waals surface area (Å²) < 4.78 is 10.8. The lowest BCUT2D eigenvalue weighted by atomic mass is 9.81. The van der Waals surface area contributed by atoms with Crippen molar-refractivity contribution in [1.82, 2.24) is 15.1 Å². The summed E-state index contributed by atoms with van der Waals surface area (Å²) >= 11 is 0. The highest BCUT2D eigenvalue weighted by atomic mass is 16.6. The molecule has 32 heavy (non-hydrogen) atoms. The summed E-state index contributed by atoms with van der Waals surface area (Å²) in [6, 6.07) is 9.79. The molecule has 1 aromatic rings. The molecule has 1 aliphatic heterocycles. The minimum Gasteiger partial charge on any atom is -0.445 e. The Bertz CT molecular complexity index is 718. The van der Waals surface area contributed by atoms with Gasteiger partial charge < -0.3 is 19.7 Å². The van der Waals surface area contributed by atoms with E-state index in [2.05, 4.69) is 10.2 Å². The van der Waals surface area contributed by atoms with Crippen LogP contribution in [0, 0.1) is 11.8 Å². The van der Waals surface area contributed by atoms with Crippen molar-refractivity contribution in [3.05, 3.63) is 35.9 Å². The number of nitrogens with zero attached hydrogens (tertiary/aromatic N) is 2. The second-order valence-corrected chi connectivity index (χ2v) is 10.1. The summed E-state index contributed by atoms with van der Waals surface area (Å²) in [7, 11) is 0. The molecular formula is C25H39N3O4. The quantitative estimate of drug-likeness (QED) is 0.708. The number of carbonyl (C=O) groups excluding carboxylic acids is 2. The van der Waals surface area contributed by atoms with Crippen molar-refractivity contribution in [2.45, 2.75) is 58.7 Å². The number of nitrogens with one attached hydrogen (secondary N) is 1. The lowest BCUT2D eigenvalue weighted by Crippen LogP contribution is -2.50. The van der Waals surface area contributed by atoms with Gasteiger partial charge in [-0.15, -0.1) is 0 Å². The van der Waals surface area contributed by atoms with Crippen molar-refractivity contribution < 1.29 is 19.1 Å². The Balaban J connectivity index is 1.28. The Kier molecular flexibility index (Phi) is 8.79. The molecule has 3 rings (SSSR count). The van der Waals surface area contributed by atoms with E-state index in [4.69, 9.17) is 9.47 Å². The van der Waals surface area contributed by atoms with Gasteiger partial charge in [-0.25, -0.2) is 9.59 Å². The normalized spacial score (nSPS) is 22.3. The van der Waals surface area contributed by atoms with E-state index in [-0.39, 0.29) is 12.2 Å². The first-order valence-corrected chi connectivity index (χ1v) is 11.9. The molecule has 7 heteroatoms. The van der Waals surface area contributed by atoms with Crippen LogP contribution in [0.3, 0.4) is 0 Å². The second kappa shape index (κ2) is 11.5. The van der Waals surface area contributed by atoms with E-state index in [9.17, 15) is 9.59 Å². The molecule has 0 aromatic heterocycles. The smallest absolute Gasteiger partial charge is 0.410 e. The Morgan fingerprint density at radius 1 is 0.969 bits per heavy atom. The van der Waals surface area contributed by atoms with Crippen LogP contribution in [0.1, 0.15) is 52.0 Å². The summed E-state index contributed by atoms with van der Waals surface area (Å²) in [5.74, 6) is 1.24. The lowest BCUT2D eigenvalue weighted by Gasteiger charge is -2.37. The molecule has 0 atom stereocenters. The number of amides is 2. The van der Waals surface area contributed by atoms with Gasteiger partial charge in [-0.1, -0.05) is 30.3 Å². The highest BCUT2D eigenvalue weighted by Gasteiger charge is 2.27. The van der Waals surface area contributed by atoms with Crippen molar-refractivity contribution in [1.29, 1.82) is 0 Å². The summed E-state index contributed by atoms with van der Waals surface area (Å²) in [6.07, 6.45) is 4.14. The first-order chi connectivity index (χ1) is 15.3. The van der Waals surface area contributed by atoms with Crippen LogP contribution in [0.25, 0.3) is 0 Å². The van der Waals surface area contributed by atoms with Gasteiger partial charge in [0.1, 0.15) is 12.2 Å². The molecule has 0 bridgehead atoms. The van der Waals surface area contributed by atoms with E-state index in [1.54, 1.807) is 0 Å². The molecule has 1 aromatic carbocycles. The maximum Gasteiger partial charge on any atom is 0.410 e. The molecular weight excluding hydrogens is 406 g/mol. The molecule has 178 valence electrons. The number of hydrogen-bond acceptors (Lipinski definition) is 5. The summed E-state index contributed by atoms with van der Waals surface area (Å²) in [5.41, 5.74) is 0.557. The number of piperazine rings is 1. The lowest BCUT2D eigenvalue weighted by molar-refractivity contribution is 0.0510. The maximum absolute atomic E-state index is 12.3. The van der Waals surface area contributed by atoms with Crippen molar-refractivity contribution >= 4 is 12.2 Å². The summed E-state index contributed by atoms with van der Waals surface area (Å²) in [4.78, 5) is 28.5. The van der Waals surface area contributed by atoms with Crippen LogP contribution in [0.2, 0.25) is 0 Å². The monoisotopic (exact) mass is 445 g/mol. The highest BCUT2D eigenvalue weighted by Crippen LogP contribution is 2.29. The molecule has 2 fully saturated rings. The number of benzene rings is 1. The zero-order valence-electron chi connectivity index (χ0n) is 19.8. The molecule has 2 aliphatic rings. The van der Waals surface area contributed by atoms with E-state index in [1.807, 2.05) is 56.0 Å². The average molecular weight is 446 g/mol. The Labute approximate surface area is 192 Å². The van der Waals surface area contributed by atoms with Crippen LogP contribution in [0.15, 0.2) is 30.3 Å². The van der Waals surface area contributed by atoms with Gasteiger partial charge in [-0.3, -0.25) is 4.90 Å². The van der Waals surface area contributed by atoms with Gasteiger partial charge in [0.05, 0.1) is 0 Å². The fourth-order valence-corrected chi connectivity index (χ4v) is 4.45. The van der Waals surface area contributed by atoms with Crippen LogP contribution in [0.5, 0.6) is 0 Å². The van der Waals surface area contributed by atoms with Crippen LogP contribution < -0.4 is 5.32 Å². The van der Waals surface area contributed by atoms with Crippen molar-refractivity contribution in [2.75, 3.05) is 39.3 Å². The van der Waals surface area contributed by atoms with E-state index in [0.29, 0.717) is 25.0 Å². The van der Waals surface area contributed by atoms with E-state index < -0.39 is 5.60 Å². The Morgan fingerprint density at radius 3 is 2.22 bits per heavy atom. The van der Waals surface area contributed by atoms with Crippen LogP contribution in [0.4, 0.5) is 9.59 Å². The first kappa shape index (κ1) is 24.4. The van der Waals surface area contributed by atoms with Gasteiger partial charge >= 0.3 is 12.2 Å². The number of ether oxygens (including phenoxy) is 2. The molecule has 1 saturated carbocycles. The minimum atomic E-state index is -0.454. The van der Waals surface area contributed by atoms with Crippen molar-refractivity contribution in [3.8, 4) is 0 Å². The third-order valence-corrected chi connectivity index (χ3v) is 6.25. The fourth-order valence-electron chi connectivity index (χ4n) is 4.45. The van der Waals surface area contributed by atoms with Gasteiger partial charge in [0.2, 0.25) is 0 Å². The molecule has 7 nitrogen and oxygen atoms in total. The van der Waals surface area contributed by atoms with Gasteiger partial charge in [-0.05, 0) is 63.9 Å². The number of hydrogen-bond donors (Lipinski definition) is 1. The predicted molar refractivity (Wildman–Crippen MR) is 124 cm³/mol. The van der Waals surface area contributed by atoms with E-state index in [0.717, 1.165) is 51.1 Å². The molecule has 0 unspecified atom stereocenters.